The van der Waals surface area contributed by atoms with Crippen LogP contribution in [-0.2, 0) is 9.59 Å². The molecule has 1 atom stereocenters. The van der Waals surface area contributed by atoms with Gasteiger partial charge in [-0.25, -0.2) is 4.39 Å². The van der Waals surface area contributed by atoms with Crippen molar-refractivity contribution in [3.63, 3.8) is 0 Å². The second-order valence-corrected chi connectivity index (χ2v) is 6.10. The van der Waals surface area contributed by atoms with E-state index < -0.39 is 0 Å². The fourth-order valence-electron chi connectivity index (χ4n) is 1.99. The summed E-state index contributed by atoms with van der Waals surface area (Å²) in [6.07, 6.45) is 3.35. The molecule has 126 valence electrons. The van der Waals surface area contributed by atoms with E-state index in [1.807, 2.05) is 19.1 Å². The predicted octanol–water partition coefficient (Wildman–Crippen LogP) is 2.77. The molecule has 24 heavy (non-hydrogen) atoms. The van der Waals surface area contributed by atoms with E-state index in [0.717, 1.165) is 5.56 Å². The molecule has 1 aromatic carbocycles. The maximum Gasteiger partial charge on any atom is 0.234 e. The van der Waals surface area contributed by atoms with Crippen molar-refractivity contribution in [2.75, 3.05) is 16.8 Å². The Kier molecular flexibility index (Phi) is 6.74. The third kappa shape index (κ3) is 6.00. The van der Waals surface area contributed by atoms with Crippen molar-refractivity contribution in [3.05, 3.63) is 60.2 Å². The van der Waals surface area contributed by atoms with E-state index in [2.05, 4.69) is 15.6 Å². The van der Waals surface area contributed by atoms with Crippen molar-refractivity contribution in [1.82, 2.24) is 10.3 Å². The van der Waals surface area contributed by atoms with Crippen molar-refractivity contribution in [2.24, 2.45) is 0 Å². The zero-order chi connectivity index (χ0) is 17.4. The minimum Gasteiger partial charge on any atom is -0.349 e. The summed E-state index contributed by atoms with van der Waals surface area (Å²) < 4.78 is 12.8. The first-order chi connectivity index (χ1) is 11.5. The number of pyridine rings is 1. The molecule has 0 aliphatic rings. The fourth-order valence-corrected chi connectivity index (χ4v) is 2.61. The topological polar surface area (TPSA) is 71.1 Å². The van der Waals surface area contributed by atoms with Gasteiger partial charge in [-0.1, -0.05) is 0 Å². The van der Waals surface area contributed by atoms with E-state index in [4.69, 9.17) is 0 Å². The number of benzene rings is 1. The van der Waals surface area contributed by atoms with E-state index in [1.165, 1.54) is 36.0 Å². The molecule has 2 amide bonds. The third-order valence-electron chi connectivity index (χ3n) is 3.18. The highest BCUT2D eigenvalue weighted by Crippen LogP contribution is 2.12. The molecule has 1 aromatic heterocycles. The zero-order valence-electron chi connectivity index (χ0n) is 13.2. The molecule has 0 fully saturated rings. The molecule has 2 rings (SSSR count). The van der Waals surface area contributed by atoms with Crippen LogP contribution >= 0.6 is 11.8 Å². The number of carbonyl (C=O) groups is 2. The smallest absolute Gasteiger partial charge is 0.234 e. The second-order valence-electron chi connectivity index (χ2n) is 5.12. The van der Waals surface area contributed by atoms with Gasteiger partial charge in [-0.05, 0) is 48.9 Å². The van der Waals surface area contributed by atoms with Crippen LogP contribution in [0.1, 0.15) is 18.5 Å². The van der Waals surface area contributed by atoms with Crippen molar-refractivity contribution < 1.29 is 14.0 Å². The Morgan fingerprint density at radius 2 is 1.71 bits per heavy atom. The van der Waals surface area contributed by atoms with Gasteiger partial charge in [-0.3, -0.25) is 14.6 Å². The number of thioether (sulfide) groups is 1. The molecular weight excluding hydrogens is 329 g/mol. The summed E-state index contributed by atoms with van der Waals surface area (Å²) in [7, 11) is 0. The van der Waals surface area contributed by atoms with Gasteiger partial charge < -0.3 is 10.6 Å². The first-order valence-electron chi connectivity index (χ1n) is 7.37. The summed E-state index contributed by atoms with van der Waals surface area (Å²) in [6.45, 7) is 1.89. The van der Waals surface area contributed by atoms with Crippen LogP contribution in [0.2, 0.25) is 0 Å². The highest BCUT2D eigenvalue weighted by Gasteiger charge is 2.10. The number of rotatable bonds is 7. The molecule has 7 heteroatoms. The minimum absolute atomic E-state index is 0.117. The molecule has 0 aliphatic heterocycles. The molecule has 0 bridgehead atoms. The molecule has 1 heterocycles. The average molecular weight is 347 g/mol. The number of nitrogens with zero attached hydrogens (tertiary/aromatic N) is 1. The lowest BCUT2D eigenvalue weighted by atomic mass is 10.1. The molecular formula is C17H18FN3O2S. The van der Waals surface area contributed by atoms with E-state index in [1.54, 1.807) is 12.4 Å². The van der Waals surface area contributed by atoms with Gasteiger partial charge in [0.25, 0.3) is 0 Å². The van der Waals surface area contributed by atoms with Gasteiger partial charge in [0.1, 0.15) is 5.82 Å². The van der Waals surface area contributed by atoms with Gasteiger partial charge in [-0.15, -0.1) is 11.8 Å². The van der Waals surface area contributed by atoms with Crippen LogP contribution in [0.15, 0.2) is 48.8 Å². The highest BCUT2D eigenvalue weighted by atomic mass is 32.2. The van der Waals surface area contributed by atoms with Crippen LogP contribution in [0.25, 0.3) is 0 Å². The molecule has 2 N–H and O–H groups in total. The van der Waals surface area contributed by atoms with Gasteiger partial charge in [0, 0.05) is 18.1 Å². The second kappa shape index (κ2) is 9.02. The standard InChI is InChI=1S/C17H18FN3O2S/c1-12(13-6-8-19-9-7-13)20-16(22)10-24-11-17(23)21-15-4-2-14(18)3-5-15/h2-9,12H,10-11H2,1H3,(H,20,22)(H,21,23). The number of aromatic nitrogens is 1. The largest absolute Gasteiger partial charge is 0.349 e. The van der Waals surface area contributed by atoms with Crippen LogP contribution in [0.3, 0.4) is 0 Å². The number of hydrogen-bond acceptors (Lipinski definition) is 4. The van der Waals surface area contributed by atoms with Gasteiger partial charge in [0.05, 0.1) is 17.5 Å². The van der Waals surface area contributed by atoms with Crippen LogP contribution in [0.4, 0.5) is 10.1 Å². The van der Waals surface area contributed by atoms with Crippen LogP contribution in [-0.4, -0.2) is 28.3 Å². The zero-order valence-corrected chi connectivity index (χ0v) is 14.0. The lowest BCUT2D eigenvalue weighted by molar-refractivity contribution is -0.119. The fraction of sp³-hybridized carbons (Fsp3) is 0.235. The molecule has 0 spiro atoms. The molecule has 0 aliphatic carbocycles. The predicted molar refractivity (Wildman–Crippen MR) is 93.1 cm³/mol. The summed E-state index contributed by atoms with van der Waals surface area (Å²) >= 11 is 1.22. The Bertz CT molecular complexity index is 680. The SMILES string of the molecule is CC(NC(=O)CSCC(=O)Nc1ccc(F)cc1)c1ccncc1. The van der Waals surface area contributed by atoms with Crippen molar-refractivity contribution in [2.45, 2.75) is 13.0 Å². The van der Waals surface area contributed by atoms with E-state index in [0.29, 0.717) is 5.69 Å². The maximum atomic E-state index is 12.8. The summed E-state index contributed by atoms with van der Waals surface area (Å²) in [4.78, 5) is 27.6. The summed E-state index contributed by atoms with van der Waals surface area (Å²) in [5.74, 6) is -0.399. The molecule has 0 saturated carbocycles. The number of anilines is 1. The maximum absolute atomic E-state index is 12.8. The van der Waals surface area contributed by atoms with Gasteiger partial charge >= 0.3 is 0 Å². The quantitative estimate of drug-likeness (QED) is 0.808. The monoisotopic (exact) mass is 347 g/mol. The summed E-state index contributed by atoms with van der Waals surface area (Å²) in [5.41, 5.74) is 1.50. The van der Waals surface area contributed by atoms with E-state index in [9.17, 15) is 14.0 Å². The van der Waals surface area contributed by atoms with Gasteiger partial charge in [0.15, 0.2) is 0 Å². The number of nitrogens with one attached hydrogen (secondary N) is 2. The lowest BCUT2D eigenvalue weighted by Crippen LogP contribution is -2.28. The molecule has 2 aromatic rings. The summed E-state index contributed by atoms with van der Waals surface area (Å²) in [5, 5.41) is 5.51. The number of carbonyl (C=O) groups excluding carboxylic acids is 2. The lowest BCUT2D eigenvalue weighted by Gasteiger charge is -2.13. The normalized spacial score (nSPS) is 11.6. The van der Waals surface area contributed by atoms with Crippen molar-refractivity contribution in [3.8, 4) is 0 Å². The summed E-state index contributed by atoms with van der Waals surface area (Å²) in [6, 6.07) is 9.09. The molecule has 0 saturated heterocycles. The molecule has 1 unspecified atom stereocenters. The number of amides is 2. The minimum atomic E-state index is -0.359. The van der Waals surface area contributed by atoms with Crippen LogP contribution in [0, 0.1) is 5.82 Å². The van der Waals surface area contributed by atoms with E-state index in [-0.39, 0.29) is 35.2 Å². The van der Waals surface area contributed by atoms with E-state index >= 15 is 0 Å². The number of halogens is 1. The highest BCUT2D eigenvalue weighted by molar-refractivity contribution is 8.00. The Hall–Kier alpha value is -2.41. The van der Waals surface area contributed by atoms with Crippen molar-refractivity contribution in [1.29, 1.82) is 0 Å². The first-order valence-corrected chi connectivity index (χ1v) is 8.52. The Labute approximate surface area is 144 Å². The van der Waals surface area contributed by atoms with Gasteiger partial charge in [-0.2, -0.15) is 0 Å². The Morgan fingerprint density at radius 1 is 1.08 bits per heavy atom. The van der Waals surface area contributed by atoms with Gasteiger partial charge in [0.2, 0.25) is 11.8 Å². The molecule has 0 radical (unpaired) electrons. The van der Waals surface area contributed by atoms with Crippen molar-refractivity contribution >= 4 is 29.3 Å². The average Bonchev–Trinajstić information content (AvgIpc) is 2.57. The first kappa shape index (κ1) is 17.9. The third-order valence-corrected chi connectivity index (χ3v) is 4.11. The van der Waals surface area contributed by atoms with Crippen LogP contribution in [0.5, 0.6) is 0 Å². The Balaban J connectivity index is 1.68. The number of hydrogen-bond donors (Lipinski definition) is 2. The molecule has 5 nitrogen and oxygen atoms in total. The Morgan fingerprint density at radius 3 is 2.38 bits per heavy atom. The van der Waals surface area contributed by atoms with Crippen LogP contribution < -0.4 is 10.6 Å².